The quantitative estimate of drug-likeness (QED) is 0.928. The van der Waals surface area contributed by atoms with Gasteiger partial charge < -0.3 is 10.0 Å². The molecule has 0 radical (unpaired) electrons. The smallest absolute Gasteiger partial charge is 0.222 e. The zero-order valence-corrected chi connectivity index (χ0v) is 11.4. The van der Waals surface area contributed by atoms with Crippen molar-refractivity contribution >= 4 is 29.1 Å². The number of carbonyl (C=O) groups is 1. The van der Waals surface area contributed by atoms with Crippen LogP contribution >= 0.6 is 23.2 Å². The van der Waals surface area contributed by atoms with E-state index in [-0.39, 0.29) is 12.0 Å². The summed E-state index contributed by atoms with van der Waals surface area (Å²) in [5.41, 5.74) is 0.925. The number of rotatable bonds is 3. The van der Waals surface area contributed by atoms with E-state index in [1.165, 1.54) is 0 Å². The molecule has 5 heteroatoms. The van der Waals surface area contributed by atoms with Crippen molar-refractivity contribution in [1.82, 2.24) is 4.90 Å². The normalized spacial score (nSPS) is 19.3. The Bertz CT molecular complexity index is 451. The van der Waals surface area contributed by atoms with Crippen LogP contribution in [0.15, 0.2) is 18.2 Å². The van der Waals surface area contributed by atoms with Crippen LogP contribution in [0.3, 0.4) is 0 Å². The van der Waals surface area contributed by atoms with E-state index in [4.69, 9.17) is 23.2 Å². The van der Waals surface area contributed by atoms with Gasteiger partial charge in [0, 0.05) is 29.6 Å². The van der Waals surface area contributed by atoms with Gasteiger partial charge >= 0.3 is 0 Å². The molecule has 98 valence electrons. The van der Waals surface area contributed by atoms with Crippen molar-refractivity contribution in [2.75, 3.05) is 13.1 Å². The summed E-state index contributed by atoms with van der Waals surface area (Å²) < 4.78 is 0. The number of benzene rings is 1. The fourth-order valence-electron chi connectivity index (χ4n) is 2.09. The lowest BCUT2D eigenvalue weighted by Crippen LogP contribution is -2.29. The number of aliphatic hydroxyl groups excluding tert-OH is 1. The fourth-order valence-corrected chi connectivity index (χ4v) is 2.60. The molecule has 0 aliphatic carbocycles. The summed E-state index contributed by atoms with van der Waals surface area (Å²) in [5, 5.41) is 10.6. The van der Waals surface area contributed by atoms with Gasteiger partial charge in [0.05, 0.1) is 6.10 Å². The van der Waals surface area contributed by atoms with Crippen molar-refractivity contribution < 1.29 is 9.90 Å². The van der Waals surface area contributed by atoms with Crippen LogP contribution in [-0.2, 0) is 11.2 Å². The van der Waals surface area contributed by atoms with E-state index in [0.717, 1.165) is 5.56 Å². The Morgan fingerprint density at radius 2 is 2.22 bits per heavy atom. The van der Waals surface area contributed by atoms with Crippen LogP contribution in [0.1, 0.15) is 18.4 Å². The number of carbonyl (C=O) groups excluding carboxylic acids is 1. The van der Waals surface area contributed by atoms with Crippen LogP contribution in [0.4, 0.5) is 0 Å². The average molecular weight is 288 g/mol. The highest BCUT2D eigenvalue weighted by Gasteiger charge is 2.24. The zero-order valence-electron chi connectivity index (χ0n) is 9.90. The molecule has 2 rings (SSSR count). The van der Waals surface area contributed by atoms with Gasteiger partial charge in [-0.15, -0.1) is 0 Å². The van der Waals surface area contributed by atoms with Crippen molar-refractivity contribution in [1.29, 1.82) is 0 Å². The van der Waals surface area contributed by atoms with E-state index in [0.29, 0.717) is 42.4 Å². The molecule has 0 saturated carbocycles. The first-order chi connectivity index (χ1) is 8.56. The van der Waals surface area contributed by atoms with E-state index in [9.17, 15) is 9.90 Å². The summed E-state index contributed by atoms with van der Waals surface area (Å²) in [6.45, 7) is 1.10. The molecule has 1 fully saturated rings. The van der Waals surface area contributed by atoms with Crippen molar-refractivity contribution in [3.8, 4) is 0 Å². The minimum atomic E-state index is -0.368. The fraction of sp³-hybridized carbons (Fsp3) is 0.462. The first kappa shape index (κ1) is 13.7. The number of halogens is 2. The molecule has 1 aliphatic rings. The SMILES string of the molecule is O=C(CCc1ccc(Cl)cc1Cl)N1CC[C@@H](O)C1. The van der Waals surface area contributed by atoms with E-state index < -0.39 is 0 Å². The number of hydrogen-bond acceptors (Lipinski definition) is 2. The van der Waals surface area contributed by atoms with Gasteiger partial charge in [0.15, 0.2) is 0 Å². The van der Waals surface area contributed by atoms with Crippen molar-refractivity contribution in [2.24, 2.45) is 0 Å². The van der Waals surface area contributed by atoms with Gasteiger partial charge in [-0.25, -0.2) is 0 Å². The lowest BCUT2D eigenvalue weighted by Gasteiger charge is -2.15. The van der Waals surface area contributed by atoms with E-state index in [1.807, 2.05) is 6.07 Å². The van der Waals surface area contributed by atoms with Crippen LogP contribution in [0, 0.1) is 0 Å². The molecule has 1 aromatic carbocycles. The minimum absolute atomic E-state index is 0.0672. The summed E-state index contributed by atoms with van der Waals surface area (Å²) in [5.74, 6) is 0.0672. The van der Waals surface area contributed by atoms with Crippen LogP contribution < -0.4 is 0 Å². The molecule has 0 bridgehead atoms. The first-order valence-corrected chi connectivity index (χ1v) is 6.71. The van der Waals surface area contributed by atoms with E-state index >= 15 is 0 Å². The molecule has 0 unspecified atom stereocenters. The third kappa shape index (κ3) is 3.37. The molecule has 1 atom stereocenters. The molecule has 0 aromatic heterocycles. The van der Waals surface area contributed by atoms with Crippen LogP contribution in [-0.4, -0.2) is 35.1 Å². The van der Waals surface area contributed by atoms with Gasteiger partial charge in [0.2, 0.25) is 5.91 Å². The zero-order chi connectivity index (χ0) is 13.1. The lowest BCUT2D eigenvalue weighted by molar-refractivity contribution is -0.130. The van der Waals surface area contributed by atoms with Gasteiger partial charge in [0.25, 0.3) is 0 Å². The second kappa shape index (κ2) is 5.91. The van der Waals surface area contributed by atoms with Crippen molar-refractivity contribution in [3.63, 3.8) is 0 Å². The summed E-state index contributed by atoms with van der Waals surface area (Å²) in [7, 11) is 0. The Hall–Kier alpha value is -0.770. The van der Waals surface area contributed by atoms with Crippen LogP contribution in [0.5, 0.6) is 0 Å². The predicted octanol–water partition coefficient (Wildman–Crippen LogP) is 2.52. The minimum Gasteiger partial charge on any atom is -0.391 e. The monoisotopic (exact) mass is 287 g/mol. The maximum absolute atomic E-state index is 11.9. The highest BCUT2D eigenvalue weighted by atomic mass is 35.5. The van der Waals surface area contributed by atoms with E-state index in [2.05, 4.69) is 0 Å². The molecule has 0 spiro atoms. The number of amides is 1. The second-order valence-corrected chi connectivity index (χ2v) is 5.36. The molecule has 1 saturated heterocycles. The Morgan fingerprint density at radius 3 is 2.83 bits per heavy atom. The Labute approximate surface area is 116 Å². The van der Waals surface area contributed by atoms with Gasteiger partial charge in [0.1, 0.15) is 0 Å². The van der Waals surface area contributed by atoms with E-state index in [1.54, 1.807) is 17.0 Å². The molecule has 1 amide bonds. The number of hydrogen-bond donors (Lipinski definition) is 1. The molecular weight excluding hydrogens is 273 g/mol. The summed E-state index contributed by atoms with van der Waals surface area (Å²) in [6.07, 6.45) is 1.32. The molecule has 1 heterocycles. The van der Waals surface area contributed by atoms with Gasteiger partial charge in [-0.1, -0.05) is 29.3 Å². The Balaban J connectivity index is 1.89. The maximum atomic E-state index is 11.9. The van der Waals surface area contributed by atoms with Gasteiger partial charge in [-0.05, 0) is 30.5 Å². The third-order valence-electron chi connectivity index (χ3n) is 3.14. The second-order valence-electron chi connectivity index (χ2n) is 4.52. The standard InChI is InChI=1S/C13H15Cl2NO2/c14-10-3-1-9(12(15)7-10)2-4-13(18)16-6-5-11(17)8-16/h1,3,7,11,17H,2,4-6,8H2/t11-/m1/s1. The highest BCUT2D eigenvalue weighted by molar-refractivity contribution is 6.35. The van der Waals surface area contributed by atoms with Crippen LogP contribution in [0.25, 0.3) is 0 Å². The van der Waals surface area contributed by atoms with Crippen molar-refractivity contribution in [3.05, 3.63) is 33.8 Å². The molecule has 1 N–H and O–H groups in total. The molecule has 1 aliphatic heterocycles. The predicted molar refractivity (Wildman–Crippen MR) is 72.0 cm³/mol. The molecular formula is C13H15Cl2NO2. The summed E-state index contributed by atoms with van der Waals surface area (Å²) in [4.78, 5) is 13.6. The Kier molecular flexibility index (Phi) is 4.49. The Morgan fingerprint density at radius 1 is 1.44 bits per heavy atom. The largest absolute Gasteiger partial charge is 0.391 e. The molecule has 1 aromatic rings. The third-order valence-corrected chi connectivity index (χ3v) is 3.73. The van der Waals surface area contributed by atoms with Crippen molar-refractivity contribution in [2.45, 2.75) is 25.4 Å². The topological polar surface area (TPSA) is 40.5 Å². The van der Waals surface area contributed by atoms with Gasteiger partial charge in [-0.2, -0.15) is 0 Å². The number of β-amino-alcohol motifs (C(OH)–C–C–N with tert-alkyl or cyclic N) is 1. The number of aliphatic hydroxyl groups is 1. The van der Waals surface area contributed by atoms with Gasteiger partial charge in [-0.3, -0.25) is 4.79 Å². The number of nitrogens with zero attached hydrogens (tertiary/aromatic N) is 1. The average Bonchev–Trinajstić information content (AvgIpc) is 2.74. The number of likely N-dealkylation sites (tertiary alicyclic amines) is 1. The molecule has 3 nitrogen and oxygen atoms in total. The summed E-state index contributed by atoms with van der Waals surface area (Å²) in [6, 6.07) is 5.30. The molecule has 18 heavy (non-hydrogen) atoms. The first-order valence-electron chi connectivity index (χ1n) is 5.96. The number of aryl methyl sites for hydroxylation is 1. The maximum Gasteiger partial charge on any atom is 0.222 e. The van der Waals surface area contributed by atoms with Crippen LogP contribution in [0.2, 0.25) is 10.0 Å². The summed E-state index contributed by atoms with van der Waals surface area (Å²) >= 11 is 11.9. The lowest BCUT2D eigenvalue weighted by atomic mass is 10.1. The highest BCUT2D eigenvalue weighted by Crippen LogP contribution is 2.22.